The van der Waals surface area contributed by atoms with Crippen molar-refractivity contribution in [2.45, 2.75) is 82.8 Å². The molecule has 0 radical (unpaired) electrons. The van der Waals surface area contributed by atoms with Gasteiger partial charge in [0.25, 0.3) is 0 Å². The summed E-state index contributed by atoms with van der Waals surface area (Å²) < 4.78 is 18.8. The molecule has 0 spiro atoms. The SMILES string of the molecule is COC(CF)CN(CCCCc1ccc2c(n1)NCCC2)CCC(NC(=O)C1(c2c(C)nc(C)nc2Cl)CC1)C(=O)O. The number of ether oxygens (including phenoxy) is 1. The number of alkyl halides is 1. The Bertz CT molecular complexity index is 1230. The average molecular weight is 605 g/mol. The number of rotatable bonds is 16. The van der Waals surface area contributed by atoms with E-state index in [1.165, 1.54) is 12.7 Å². The Balaban J connectivity index is 1.34. The molecule has 4 rings (SSSR count). The Hall–Kier alpha value is -2.89. The highest BCUT2D eigenvalue weighted by molar-refractivity contribution is 6.30. The molecule has 2 aliphatic rings. The van der Waals surface area contributed by atoms with Gasteiger partial charge in [-0.1, -0.05) is 17.7 Å². The number of methoxy groups -OCH3 is 1. The number of pyridine rings is 1. The van der Waals surface area contributed by atoms with Crippen molar-refractivity contribution in [1.29, 1.82) is 0 Å². The van der Waals surface area contributed by atoms with E-state index in [1.807, 2.05) is 4.90 Å². The quantitative estimate of drug-likeness (QED) is 0.193. The van der Waals surface area contributed by atoms with Gasteiger partial charge in [-0.25, -0.2) is 24.1 Å². The maximum absolute atomic E-state index is 13.5. The van der Waals surface area contributed by atoms with Crippen LogP contribution < -0.4 is 10.6 Å². The van der Waals surface area contributed by atoms with Gasteiger partial charge in [0.2, 0.25) is 5.91 Å². The molecule has 2 aromatic rings. The van der Waals surface area contributed by atoms with Gasteiger partial charge in [0.1, 0.15) is 29.5 Å². The summed E-state index contributed by atoms with van der Waals surface area (Å²) in [6.07, 6.45) is 5.34. The number of aliphatic carboxylic acids is 1. The maximum atomic E-state index is 13.5. The van der Waals surface area contributed by atoms with Crippen LogP contribution in [0.15, 0.2) is 12.1 Å². The van der Waals surface area contributed by atoms with E-state index in [-0.39, 0.29) is 17.5 Å². The molecule has 1 amide bonds. The molecule has 42 heavy (non-hydrogen) atoms. The van der Waals surface area contributed by atoms with Crippen LogP contribution in [0.1, 0.15) is 66.9 Å². The van der Waals surface area contributed by atoms with Crippen LogP contribution >= 0.6 is 11.6 Å². The zero-order chi connectivity index (χ0) is 30.3. The molecule has 1 saturated carbocycles. The molecule has 1 aliphatic heterocycles. The Morgan fingerprint density at radius 2 is 2.00 bits per heavy atom. The monoisotopic (exact) mass is 604 g/mol. The Morgan fingerprint density at radius 3 is 2.67 bits per heavy atom. The summed E-state index contributed by atoms with van der Waals surface area (Å²) in [4.78, 5) is 40.9. The van der Waals surface area contributed by atoms with Crippen molar-refractivity contribution in [3.8, 4) is 0 Å². The minimum Gasteiger partial charge on any atom is -0.480 e. The van der Waals surface area contributed by atoms with Crippen molar-refractivity contribution >= 4 is 29.3 Å². The summed E-state index contributed by atoms with van der Waals surface area (Å²) in [7, 11) is 1.47. The number of carbonyl (C=O) groups excluding carboxylic acids is 1. The number of anilines is 1. The van der Waals surface area contributed by atoms with Crippen molar-refractivity contribution in [3.05, 3.63) is 45.6 Å². The molecule has 0 saturated heterocycles. The van der Waals surface area contributed by atoms with E-state index in [0.29, 0.717) is 49.6 Å². The molecule has 2 aromatic heterocycles. The van der Waals surface area contributed by atoms with Crippen LogP contribution in [0.25, 0.3) is 0 Å². The molecule has 10 nitrogen and oxygen atoms in total. The highest BCUT2D eigenvalue weighted by Gasteiger charge is 2.54. The van der Waals surface area contributed by atoms with Crippen LogP contribution in [-0.4, -0.2) is 88.9 Å². The van der Waals surface area contributed by atoms with E-state index in [9.17, 15) is 19.1 Å². The zero-order valence-corrected chi connectivity index (χ0v) is 25.5. The van der Waals surface area contributed by atoms with E-state index in [2.05, 4.69) is 32.7 Å². The summed E-state index contributed by atoms with van der Waals surface area (Å²) in [6, 6.07) is 3.12. The molecule has 0 aromatic carbocycles. The van der Waals surface area contributed by atoms with Crippen LogP contribution in [0.3, 0.4) is 0 Å². The van der Waals surface area contributed by atoms with Crippen molar-refractivity contribution in [1.82, 2.24) is 25.2 Å². The lowest BCUT2D eigenvalue weighted by atomic mass is 9.94. The number of amides is 1. The topological polar surface area (TPSA) is 130 Å². The lowest BCUT2D eigenvalue weighted by Crippen LogP contribution is -2.48. The third-order valence-electron chi connectivity index (χ3n) is 8.23. The van der Waals surface area contributed by atoms with Crippen LogP contribution in [-0.2, 0) is 32.6 Å². The first-order chi connectivity index (χ1) is 20.2. The fourth-order valence-electron chi connectivity index (χ4n) is 5.71. The highest BCUT2D eigenvalue weighted by Crippen LogP contribution is 2.51. The van der Waals surface area contributed by atoms with Crippen LogP contribution in [0, 0.1) is 13.8 Å². The van der Waals surface area contributed by atoms with Gasteiger partial charge in [-0.2, -0.15) is 0 Å². The molecule has 1 aliphatic carbocycles. The summed E-state index contributed by atoms with van der Waals surface area (Å²) in [5.74, 6) is -0.0136. The molecule has 3 N–H and O–H groups in total. The van der Waals surface area contributed by atoms with E-state index < -0.39 is 30.2 Å². The van der Waals surface area contributed by atoms with Gasteiger partial charge in [0.15, 0.2) is 0 Å². The van der Waals surface area contributed by atoms with Crippen molar-refractivity contribution in [3.63, 3.8) is 0 Å². The van der Waals surface area contributed by atoms with E-state index in [4.69, 9.17) is 21.3 Å². The van der Waals surface area contributed by atoms with Gasteiger partial charge in [-0.05, 0) is 83.4 Å². The van der Waals surface area contributed by atoms with Gasteiger partial charge < -0.3 is 25.4 Å². The fraction of sp³-hybridized carbons (Fsp3) is 0.633. The standard InChI is InChI=1S/C30H42ClFN6O4/c1-19-25(26(31)35-20(2)34-19)30(12-13-30)29(41)37-24(28(39)40)11-16-38(18-23(17-32)42-3)15-5-4-8-22-10-9-21-7-6-14-33-27(21)36-22/h9-10,23-24H,4-8,11-18H2,1-3H3,(H,33,36)(H,37,41)(H,39,40). The average Bonchev–Trinajstić information content (AvgIpc) is 3.76. The summed E-state index contributed by atoms with van der Waals surface area (Å²) in [6.45, 7) is 5.15. The minimum absolute atomic E-state index is 0.162. The number of aryl methyl sites for hydroxylation is 4. The zero-order valence-electron chi connectivity index (χ0n) is 24.7. The molecule has 230 valence electrons. The Kier molecular flexibility index (Phi) is 11.1. The number of unbranched alkanes of at least 4 members (excludes halogenated alkanes) is 1. The third kappa shape index (κ3) is 7.93. The molecule has 0 bridgehead atoms. The van der Waals surface area contributed by atoms with Gasteiger partial charge in [0, 0.05) is 43.7 Å². The first-order valence-corrected chi connectivity index (χ1v) is 15.1. The lowest BCUT2D eigenvalue weighted by molar-refractivity contribution is -0.142. The Labute approximate surface area is 251 Å². The predicted octanol–water partition coefficient (Wildman–Crippen LogP) is 3.80. The van der Waals surface area contributed by atoms with E-state index >= 15 is 0 Å². The second-order valence-corrected chi connectivity index (χ2v) is 11.7. The maximum Gasteiger partial charge on any atom is 0.326 e. The van der Waals surface area contributed by atoms with Crippen molar-refractivity contribution < 1.29 is 23.8 Å². The first kappa shape index (κ1) is 32.0. The van der Waals surface area contributed by atoms with Crippen molar-refractivity contribution in [2.75, 3.05) is 45.3 Å². The number of carboxylic acid groups (broad SMARTS) is 1. The van der Waals surface area contributed by atoms with Gasteiger partial charge in [0.05, 0.1) is 11.5 Å². The molecular formula is C30H42ClFN6O4. The summed E-state index contributed by atoms with van der Waals surface area (Å²) >= 11 is 6.41. The molecule has 2 unspecified atom stereocenters. The second kappa shape index (κ2) is 14.5. The summed E-state index contributed by atoms with van der Waals surface area (Å²) in [5.41, 5.74) is 2.55. The first-order valence-electron chi connectivity index (χ1n) is 14.8. The van der Waals surface area contributed by atoms with E-state index in [1.54, 1.807) is 13.8 Å². The molecule has 1 fully saturated rings. The largest absolute Gasteiger partial charge is 0.480 e. The number of nitrogens with one attached hydrogen (secondary N) is 2. The number of hydrogen-bond donors (Lipinski definition) is 3. The number of carboxylic acids is 1. The van der Waals surface area contributed by atoms with Crippen LogP contribution in [0.4, 0.5) is 10.2 Å². The normalized spacial score (nSPS) is 16.8. The number of carbonyl (C=O) groups is 2. The molecular weight excluding hydrogens is 563 g/mol. The smallest absolute Gasteiger partial charge is 0.326 e. The van der Waals surface area contributed by atoms with Gasteiger partial charge >= 0.3 is 5.97 Å². The molecule has 2 atom stereocenters. The van der Waals surface area contributed by atoms with Crippen LogP contribution in [0.2, 0.25) is 5.15 Å². The fourth-order valence-corrected chi connectivity index (χ4v) is 6.15. The van der Waals surface area contributed by atoms with E-state index in [0.717, 1.165) is 50.2 Å². The number of hydrogen-bond acceptors (Lipinski definition) is 8. The van der Waals surface area contributed by atoms with Gasteiger partial charge in [-0.3, -0.25) is 4.79 Å². The number of fused-ring (bicyclic) bond motifs is 1. The van der Waals surface area contributed by atoms with Gasteiger partial charge in [-0.15, -0.1) is 0 Å². The lowest BCUT2D eigenvalue weighted by Gasteiger charge is -2.28. The number of aromatic nitrogens is 3. The third-order valence-corrected chi connectivity index (χ3v) is 8.51. The number of nitrogens with zero attached hydrogens (tertiary/aromatic N) is 4. The van der Waals surface area contributed by atoms with Crippen LogP contribution in [0.5, 0.6) is 0 Å². The summed E-state index contributed by atoms with van der Waals surface area (Å²) in [5, 5.41) is 16.3. The molecule has 3 heterocycles. The Morgan fingerprint density at radius 1 is 1.21 bits per heavy atom. The minimum atomic E-state index is -1.12. The van der Waals surface area contributed by atoms with Crippen molar-refractivity contribution in [2.24, 2.45) is 0 Å². The second-order valence-electron chi connectivity index (χ2n) is 11.4. The number of halogens is 2. The predicted molar refractivity (Wildman–Crippen MR) is 159 cm³/mol. The molecule has 12 heteroatoms. The highest BCUT2D eigenvalue weighted by atomic mass is 35.5.